The minimum absolute atomic E-state index is 0. The molecule has 30 heavy (non-hydrogen) atoms. The number of hydrogen-bond acceptors (Lipinski definition) is 4. The van der Waals surface area contributed by atoms with Gasteiger partial charge in [-0.2, -0.15) is 5.10 Å². The molecular formula is C21H38IN7O. The molecule has 3 heterocycles. The van der Waals surface area contributed by atoms with Crippen molar-refractivity contribution in [1.29, 1.82) is 0 Å². The van der Waals surface area contributed by atoms with Crippen molar-refractivity contribution < 1.29 is 4.79 Å². The van der Waals surface area contributed by atoms with Crippen LogP contribution in [0.25, 0.3) is 0 Å². The maximum Gasteiger partial charge on any atom is 0.246 e. The third-order valence-corrected chi connectivity index (χ3v) is 6.14. The van der Waals surface area contributed by atoms with E-state index in [2.05, 4.69) is 48.0 Å². The predicted octanol–water partition coefficient (Wildman–Crippen LogP) is 2.02. The van der Waals surface area contributed by atoms with Crippen LogP contribution < -0.4 is 10.2 Å². The third-order valence-electron chi connectivity index (χ3n) is 6.14. The normalized spacial score (nSPS) is 24.1. The molecular weight excluding hydrogens is 493 g/mol. The van der Waals surface area contributed by atoms with Gasteiger partial charge in [0.15, 0.2) is 5.96 Å². The SMILES string of the molecule is CN=C(NCC(C)(C)N1CC(C)CC(C)C1)N1CCN(c2cnn(C)c2)C(=O)C1.I. The number of hydrogen-bond donors (Lipinski definition) is 1. The van der Waals surface area contributed by atoms with Crippen molar-refractivity contribution in [2.75, 3.05) is 51.2 Å². The number of aryl methyl sites for hydroxylation is 1. The van der Waals surface area contributed by atoms with Crippen LogP contribution in [0.1, 0.15) is 34.1 Å². The topological polar surface area (TPSA) is 69.0 Å². The van der Waals surface area contributed by atoms with Crippen molar-refractivity contribution in [3.8, 4) is 0 Å². The second-order valence-electron chi connectivity index (χ2n) is 9.40. The molecule has 2 aliphatic heterocycles. The van der Waals surface area contributed by atoms with Crippen LogP contribution in [0.15, 0.2) is 17.4 Å². The van der Waals surface area contributed by atoms with Crippen LogP contribution in [0.3, 0.4) is 0 Å². The number of carbonyl (C=O) groups is 1. The number of nitrogens with zero attached hydrogens (tertiary/aromatic N) is 6. The minimum Gasteiger partial charge on any atom is -0.354 e. The molecule has 0 saturated carbocycles. The van der Waals surface area contributed by atoms with E-state index in [9.17, 15) is 4.79 Å². The first-order valence-corrected chi connectivity index (χ1v) is 10.7. The fourth-order valence-corrected chi connectivity index (χ4v) is 4.57. The molecule has 8 nitrogen and oxygen atoms in total. The van der Waals surface area contributed by atoms with Crippen molar-refractivity contribution in [2.24, 2.45) is 23.9 Å². The molecule has 1 aromatic heterocycles. The third kappa shape index (κ3) is 5.87. The molecule has 0 spiro atoms. The van der Waals surface area contributed by atoms with Crippen molar-refractivity contribution in [3.63, 3.8) is 0 Å². The quantitative estimate of drug-likeness (QED) is 0.366. The van der Waals surface area contributed by atoms with Crippen LogP contribution >= 0.6 is 24.0 Å². The summed E-state index contributed by atoms with van der Waals surface area (Å²) < 4.78 is 1.72. The Balaban J connectivity index is 0.00000320. The van der Waals surface area contributed by atoms with Crippen LogP contribution in [0.5, 0.6) is 0 Å². The first kappa shape index (κ1) is 24.9. The second kappa shape index (κ2) is 10.3. The standard InChI is InChI=1S/C21H37N7O.HI/c1-16-9-17(2)12-27(11-16)21(3,4)15-23-20(22-5)26-7-8-28(19(29)14-26)18-10-24-25(6)13-18;/h10,13,16-17H,7-9,11-12,14-15H2,1-6H3,(H,22,23);1H. The Kier molecular flexibility index (Phi) is 8.55. The van der Waals surface area contributed by atoms with Gasteiger partial charge in [-0.05, 0) is 32.1 Å². The van der Waals surface area contributed by atoms with Gasteiger partial charge in [-0.25, -0.2) is 0 Å². The monoisotopic (exact) mass is 531 g/mol. The summed E-state index contributed by atoms with van der Waals surface area (Å²) >= 11 is 0. The van der Waals surface area contributed by atoms with Gasteiger partial charge < -0.3 is 15.1 Å². The molecule has 1 aromatic rings. The number of aliphatic imine (C=N–C) groups is 1. The highest BCUT2D eigenvalue weighted by atomic mass is 127. The number of aromatic nitrogens is 2. The van der Waals surface area contributed by atoms with Crippen molar-refractivity contribution in [1.82, 2.24) is 24.9 Å². The zero-order valence-corrected chi connectivity index (χ0v) is 21.6. The number of piperidine rings is 1. The summed E-state index contributed by atoms with van der Waals surface area (Å²) in [5.74, 6) is 2.34. The van der Waals surface area contributed by atoms with Gasteiger partial charge in [-0.3, -0.25) is 19.4 Å². The summed E-state index contributed by atoms with van der Waals surface area (Å²) in [5, 5.41) is 7.71. The Hall–Kier alpha value is -1.36. The Morgan fingerprint density at radius 3 is 2.47 bits per heavy atom. The highest BCUT2D eigenvalue weighted by molar-refractivity contribution is 14.0. The highest BCUT2D eigenvalue weighted by Crippen LogP contribution is 2.27. The Bertz CT molecular complexity index is 737. The second-order valence-corrected chi connectivity index (χ2v) is 9.40. The van der Waals surface area contributed by atoms with Gasteiger partial charge in [0, 0.05) is 58.6 Å². The number of piperazine rings is 1. The van der Waals surface area contributed by atoms with Gasteiger partial charge in [0.05, 0.1) is 11.9 Å². The molecule has 2 unspecified atom stereocenters. The lowest BCUT2D eigenvalue weighted by molar-refractivity contribution is -0.120. The molecule has 2 saturated heterocycles. The Morgan fingerprint density at radius 1 is 1.27 bits per heavy atom. The number of halogens is 1. The van der Waals surface area contributed by atoms with Crippen LogP contribution in [-0.2, 0) is 11.8 Å². The van der Waals surface area contributed by atoms with E-state index in [0.29, 0.717) is 13.1 Å². The Labute approximate surface area is 198 Å². The van der Waals surface area contributed by atoms with E-state index in [1.54, 1.807) is 22.8 Å². The number of amides is 1. The number of nitrogens with one attached hydrogen (secondary N) is 1. The number of rotatable bonds is 4. The van der Waals surface area contributed by atoms with Crippen LogP contribution in [0.4, 0.5) is 5.69 Å². The molecule has 0 radical (unpaired) electrons. The molecule has 1 amide bonds. The molecule has 1 N–H and O–H groups in total. The van der Waals surface area contributed by atoms with Crippen LogP contribution in [-0.4, -0.2) is 83.3 Å². The number of anilines is 1. The fraction of sp³-hybridized carbons (Fsp3) is 0.762. The van der Waals surface area contributed by atoms with Gasteiger partial charge in [-0.15, -0.1) is 24.0 Å². The molecule has 2 aliphatic rings. The van der Waals surface area contributed by atoms with Gasteiger partial charge >= 0.3 is 0 Å². The van der Waals surface area contributed by atoms with E-state index < -0.39 is 0 Å². The molecule has 170 valence electrons. The summed E-state index contributed by atoms with van der Waals surface area (Å²) in [6, 6.07) is 0. The lowest BCUT2D eigenvalue weighted by atomic mass is 9.88. The average Bonchev–Trinajstić information content (AvgIpc) is 3.07. The molecule has 3 rings (SSSR count). The maximum atomic E-state index is 12.7. The zero-order chi connectivity index (χ0) is 21.2. The van der Waals surface area contributed by atoms with Gasteiger partial charge in [0.2, 0.25) is 5.91 Å². The molecule has 9 heteroatoms. The highest BCUT2D eigenvalue weighted by Gasteiger charge is 2.34. The van der Waals surface area contributed by atoms with Crippen molar-refractivity contribution >= 4 is 41.5 Å². The van der Waals surface area contributed by atoms with E-state index in [0.717, 1.165) is 49.7 Å². The minimum atomic E-state index is 0. The molecule has 2 atom stereocenters. The number of carbonyl (C=O) groups excluding carboxylic acids is 1. The summed E-state index contributed by atoms with van der Waals surface area (Å²) in [7, 11) is 3.65. The first-order chi connectivity index (χ1) is 13.7. The summed E-state index contributed by atoms with van der Waals surface area (Å²) in [6.07, 6.45) is 4.93. The smallest absolute Gasteiger partial charge is 0.246 e. The largest absolute Gasteiger partial charge is 0.354 e. The predicted molar refractivity (Wildman–Crippen MR) is 133 cm³/mol. The van der Waals surface area contributed by atoms with E-state index in [1.807, 2.05) is 18.1 Å². The Morgan fingerprint density at radius 2 is 1.93 bits per heavy atom. The van der Waals surface area contributed by atoms with Crippen molar-refractivity contribution in [3.05, 3.63) is 12.4 Å². The molecule has 0 aliphatic carbocycles. The lowest BCUT2D eigenvalue weighted by Crippen LogP contribution is -2.59. The summed E-state index contributed by atoms with van der Waals surface area (Å²) in [6.45, 7) is 14.1. The van der Waals surface area contributed by atoms with E-state index in [-0.39, 0.29) is 35.4 Å². The molecule has 0 bridgehead atoms. The van der Waals surface area contributed by atoms with Gasteiger partial charge in [-0.1, -0.05) is 13.8 Å². The van der Waals surface area contributed by atoms with Crippen molar-refractivity contribution in [2.45, 2.75) is 39.7 Å². The lowest BCUT2D eigenvalue weighted by Gasteiger charge is -2.46. The molecule has 2 fully saturated rings. The van der Waals surface area contributed by atoms with E-state index in [1.165, 1.54) is 6.42 Å². The average molecular weight is 531 g/mol. The fourth-order valence-electron chi connectivity index (χ4n) is 4.57. The summed E-state index contributed by atoms with van der Waals surface area (Å²) in [5.41, 5.74) is 0.884. The van der Waals surface area contributed by atoms with Gasteiger partial charge in [0.25, 0.3) is 0 Å². The zero-order valence-electron chi connectivity index (χ0n) is 19.3. The first-order valence-electron chi connectivity index (χ1n) is 10.7. The van der Waals surface area contributed by atoms with Crippen LogP contribution in [0.2, 0.25) is 0 Å². The maximum absolute atomic E-state index is 12.7. The number of guanidine groups is 1. The van der Waals surface area contributed by atoms with Gasteiger partial charge in [0.1, 0.15) is 6.54 Å². The van der Waals surface area contributed by atoms with E-state index in [4.69, 9.17) is 0 Å². The van der Waals surface area contributed by atoms with Crippen LogP contribution in [0, 0.1) is 11.8 Å². The molecule has 0 aromatic carbocycles. The summed E-state index contributed by atoms with van der Waals surface area (Å²) in [4.78, 5) is 23.6. The number of likely N-dealkylation sites (tertiary alicyclic amines) is 1. The van der Waals surface area contributed by atoms with E-state index >= 15 is 0 Å².